The predicted molar refractivity (Wildman–Crippen MR) is 159 cm³/mol. The van der Waals surface area contributed by atoms with E-state index < -0.39 is 23.8 Å². The first-order chi connectivity index (χ1) is 20.2. The van der Waals surface area contributed by atoms with Crippen LogP contribution in [0.15, 0.2) is 66.7 Å². The molecule has 4 N–H and O–H groups in total. The molecule has 0 heterocycles. The molecule has 0 spiro atoms. The summed E-state index contributed by atoms with van der Waals surface area (Å²) < 4.78 is 11.0. The van der Waals surface area contributed by atoms with Gasteiger partial charge in [0.1, 0.15) is 11.5 Å². The first-order valence-electron chi connectivity index (χ1n) is 13.5. The number of nitrogens with one attached hydrogen (secondary N) is 3. The zero-order valence-electron chi connectivity index (χ0n) is 23.9. The van der Waals surface area contributed by atoms with Crippen molar-refractivity contribution in [3.8, 4) is 11.5 Å². The van der Waals surface area contributed by atoms with Gasteiger partial charge in [0, 0.05) is 24.3 Å². The highest BCUT2D eigenvalue weighted by atomic mass is 16.5. The molecule has 42 heavy (non-hydrogen) atoms. The number of hydrogen-bond donors (Lipinski definition) is 4. The monoisotopic (exact) mass is 576 g/mol. The maximum Gasteiger partial charge on any atom is 0.323 e. The molecule has 0 bridgehead atoms. The zero-order chi connectivity index (χ0) is 30.5. The van der Waals surface area contributed by atoms with Gasteiger partial charge in [-0.3, -0.25) is 14.4 Å². The van der Waals surface area contributed by atoms with Crippen molar-refractivity contribution in [2.24, 2.45) is 0 Å². The number of methoxy groups -OCH3 is 1. The van der Waals surface area contributed by atoms with E-state index in [1.165, 1.54) is 12.0 Å². The second-order valence-electron chi connectivity index (χ2n) is 9.38. The number of urea groups is 1. The minimum absolute atomic E-state index is 0.0203. The normalized spacial score (nSPS) is 10.4. The van der Waals surface area contributed by atoms with Crippen LogP contribution in [0.1, 0.15) is 30.0 Å². The van der Waals surface area contributed by atoms with Gasteiger partial charge >= 0.3 is 12.0 Å². The van der Waals surface area contributed by atoms with Crippen molar-refractivity contribution in [1.29, 1.82) is 0 Å². The summed E-state index contributed by atoms with van der Waals surface area (Å²) in [5.41, 5.74) is 3.36. The Morgan fingerprint density at radius 3 is 2.33 bits per heavy atom. The molecule has 11 nitrogen and oxygen atoms in total. The van der Waals surface area contributed by atoms with Gasteiger partial charge < -0.3 is 35.4 Å². The molecule has 0 saturated carbocycles. The zero-order valence-corrected chi connectivity index (χ0v) is 23.9. The van der Waals surface area contributed by atoms with E-state index in [2.05, 4.69) is 16.0 Å². The fourth-order valence-electron chi connectivity index (χ4n) is 4.13. The summed E-state index contributed by atoms with van der Waals surface area (Å²) in [5, 5.41) is 17.3. The van der Waals surface area contributed by atoms with Crippen molar-refractivity contribution < 1.29 is 33.8 Å². The Hall–Kier alpha value is -5.06. The number of nitrogens with zero attached hydrogens (tertiary/aromatic N) is 1. The average Bonchev–Trinajstić information content (AvgIpc) is 2.96. The Labute approximate surface area is 244 Å². The topological polar surface area (TPSA) is 146 Å². The molecular formula is C31H36N4O7. The van der Waals surface area contributed by atoms with Crippen molar-refractivity contribution >= 4 is 35.2 Å². The first-order valence-corrected chi connectivity index (χ1v) is 13.5. The number of rotatable bonds is 14. The highest BCUT2D eigenvalue weighted by Gasteiger charge is 2.19. The van der Waals surface area contributed by atoms with E-state index >= 15 is 0 Å². The molecule has 0 unspecified atom stereocenters. The van der Waals surface area contributed by atoms with Crippen LogP contribution in [0.4, 0.5) is 16.2 Å². The number of carboxylic acids is 1. The van der Waals surface area contributed by atoms with E-state index in [0.29, 0.717) is 35.0 Å². The Morgan fingerprint density at radius 2 is 1.62 bits per heavy atom. The number of carbonyl (C=O) groups is 4. The third kappa shape index (κ3) is 9.54. The van der Waals surface area contributed by atoms with Crippen LogP contribution in [-0.4, -0.2) is 60.6 Å². The van der Waals surface area contributed by atoms with Crippen LogP contribution in [0, 0.1) is 6.92 Å². The minimum atomic E-state index is -1.03. The standard InChI is InChI=1S/C31H36N4O7/c1-4-42-26-12-8-6-10-23(26)20-35(16-15-30(38)39)29(37)19-32-28(36)18-22-13-14-25(27(17-22)41-3)34-31(40)33-24-11-7-5-9-21(24)2/h5-14,17H,4,15-16,18-20H2,1-3H3,(H,32,36)(H,38,39)(H2,33,34,40). The van der Waals surface area contributed by atoms with Crippen LogP contribution in [0.3, 0.4) is 0 Å². The average molecular weight is 577 g/mol. The number of aliphatic carboxylic acids is 1. The van der Waals surface area contributed by atoms with Crippen LogP contribution in [0.2, 0.25) is 0 Å². The number of benzene rings is 3. The van der Waals surface area contributed by atoms with Gasteiger partial charge in [-0.2, -0.15) is 0 Å². The molecule has 3 aromatic rings. The molecule has 4 amide bonds. The quantitative estimate of drug-likeness (QED) is 0.225. The molecule has 3 rings (SSSR count). The number of ether oxygens (including phenoxy) is 2. The molecule has 0 aromatic heterocycles. The molecule has 0 aliphatic rings. The minimum Gasteiger partial charge on any atom is -0.495 e. The van der Waals surface area contributed by atoms with Gasteiger partial charge in [0.2, 0.25) is 11.8 Å². The molecule has 0 saturated heterocycles. The van der Waals surface area contributed by atoms with Crippen LogP contribution < -0.4 is 25.4 Å². The van der Waals surface area contributed by atoms with E-state index in [0.717, 1.165) is 11.1 Å². The fourth-order valence-corrected chi connectivity index (χ4v) is 4.13. The van der Waals surface area contributed by atoms with Crippen molar-refractivity contribution in [2.75, 3.05) is 37.4 Å². The van der Waals surface area contributed by atoms with Crippen LogP contribution >= 0.6 is 0 Å². The van der Waals surface area contributed by atoms with E-state index in [-0.39, 0.29) is 32.5 Å². The smallest absolute Gasteiger partial charge is 0.323 e. The molecule has 0 fully saturated rings. The van der Waals surface area contributed by atoms with Crippen LogP contribution in [0.25, 0.3) is 0 Å². The Bertz CT molecular complexity index is 1410. The number of aryl methyl sites for hydroxylation is 1. The van der Waals surface area contributed by atoms with E-state index in [4.69, 9.17) is 14.6 Å². The van der Waals surface area contributed by atoms with Crippen LogP contribution in [0.5, 0.6) is 11.5 Å². The Morgan fingerprint density at radius 1 is 0.905 bits per heavy atom. The van der Waals surface area contributed by atoms with Gasteiger partial charge in [0.05, 0.1) is 38.8 Å². The van der Waals surface area contributed by atoms with Gasteiger partial charge in [0.15, 0.2) is 0 Å². The lowest BCUT2D eigenvalue weighted by molar-refractivity contribution is -0.139. The Balaban J connectivity index is 1.59. The lowest BCUT2D eigenvalue weighted by atomic mass is 10.1. The number of para-hydroxylation sites is 2. The fraction of sp³-hybridized carbons (Fsp3) is 0.290. The SMILES string of the molecule is CCOc1ccccc1CN(CCC(=O)O)C(=O)CNC(=O)Cc1ccc(NC(=O)Nc2ccccc2C)c(OC)c1. The van der Waals surface area contributed by atoms with Gasteiger partial charge in [-0.25, -0.2) is 4.79 Å². The molecular weight excluding hydrogens is 540 g/mol. The lowest BCUT2D eigenvalue weighted by Gasteiger charge is -2.23. The van der Waals surface area contributed by atoms with Crippen molar-refractivity contribution in [3.05, 3.63) is 83.4 Å². The highest BCUT2D eigenvalue weighted by Crippen LogP contribution is 2.26. The molecule has 0 atom stereocenters. The maximum atomic E-state index is 13.0. The molecule has 0 aliphatic heterocycles. The maximum absolute atomic E-state index is 13.0. The summed E-state index contributed by atoms with van der Waals surface area (Å²) in [5.74, 6) is -0.890. The number of anilines is 2. The second-order valence-corrected chi connectivity index (χ2v) is 9.38. The van der Waals surface area contributed by atoms with Crippen LogP contribution in [-0.2, 0) is 27.3 Å². The lowest BCUT2D eigenvalue weighted by Crippen LogP contribution is -2.41. The molecule has 222 valence electrons. The molecule has 0 radical (unpaired) electrons. The summed E-state index contributed by atoms with van der Waals surface area (Å²) in [4.78, 5) is 50.7. The van der Waals surface area contributed by atoms with E-state index in [1.807, 2.05) is 50.2 Å². The van der Waals surface area contributed by atoms with E-state index in [9.17, 15) is 19.2 Å². The summed E-state index contributed by atoms with van der Waals surface area (Å²) in [6.45, 7) is 4.00. The number of amides is 4. The second kappa shape index (κ2) is 15.7. The van der Waals surface area contributed by atoms with Crippen molar-refractivity contribution in [1.82, 2.24) is 10.2 Å². The summed E-state index contributed by atoms with van der Waals surface area (Å²) in [7, 11) is 1.46. The molecule has 11 heteroatoms. The predicted octanol–water partition coefficient (Wildman–Crippen LogP) is 4.21. The van der Waals surface area contributed by atoms with Crippen molar-refractivity contribution in [2.45, 2.75) is 33.2 Å². The van der Waals surface area contributed by atoms with Gasteiger partial charge in [-0.15, -0.1) is 0 Å². The third-order valence-corrected chi connectivity index (χ3v) is 6.29. The van der Waals surface area contributed by atoms with Gasteiger partial charge in [0.25, 0.3) is 0 Å². The Kier molecular flexibility index (Phi) is 11.7. The highest BCUT2D eigenvalue weighted by molar-refractivity contribution is 6.01. The van der Waals surface area contributed by atoms with Gasteiger partial charge in [-0.1, -0.05) is 42.5 Å². The van der Waals surface area contributed by atoms with Crippen molar-refractivity contribution in [3.63, 3.8) is 0 Å². The largest absolute Gasteiger partial charge is 0.495 e. The van der Waals surface area contributed by atoms with Gasteiger partial charge in [-0.05, 0) is 49.2 Å². The van der Waals surface area contributed by atoms with E-state index in [1.54, 1.807) is 30.3 Å². The number of carbonyl (C=O) groups excluding carboxylic acids is 3. The first kappa shape index (κ1) is 31.5. The summed E-state index contributed by atoms with van der Waals surface area (Å²) >= 11 is 0. The summed E-state index contributed by atoms with van der Waals surface area (Å²) in [6, 6.07) is 19.1. The summed E-state index contributed by atoms with van der Waals surface area (Å²) in [6.07, 6.45) is -0.277. The number of hydrogen-bond acceptors (Lipinski definition) is 6. The molecule has 0 aliphatic carbocycles. The number of carboxylic acid groups (broad SMARTS) is 1. The third-order valence-electron chi connectivity index (χ3n) is 6.29. The molecule has 3 aromatic carbocycles.